The molecule has 2 heterocycles. The summed E-state index contributed by atoms with van der Waals surface area (Å²) in [4.78, 5) is 0. The molecule has 2 rings (SSSR count). The minimum atomic E-state index is -1.18. The number of aliphatic hydroxyl groups excluding tert-OH is 4. The first-order chi connectivity index (χ1) is 11.9. The van der Waals surface area contributed by atoms with Crippen molar-refractivity contribution in [3.8, 4) is 0 Å². The van der Waals surface area contributed by atoms with Crippen LogP contribution in [0.25, 0.3) is 0 Å². The van der Waals surface area contributed by atoms with Gasteiger partial charge in [0.25, 0.3) is 0 Å². The number of methoxy groups -OCH3 is 1. The number of nitrogens with two attached hydrogens (primary N) is 1. The zero-order chi connectivity index (χ0) is 18.7. The van der Waals surface area contributed by atoms with Crippen molar-refractivity contribution in [1.29, 1.82) is 0 Å². The maximum Gasteiger partial charge on any atom is 0.176 e. The van der Waals surface area contributed by atoms with Crippen molar-refractivity contribution in [3.05, 3.63) is 0 Å². The lowest BCUT2D eigenvalue weighted by molar-refractivity contribution is -0.323. The van der Waals surface area contributed by atoms with E-state index in [9.17, 15) is 20.4 Å². The number of aliphatic hydroxyl groups is 4. The van der Waals surface area contributed by atoms with E-state index in [2.05, 4.69) is 5.32 Å². The number of nitrogens with one attached hydrogen (secondary N) is 1. The quantitative estimate of drug-likeness (QED) is 0.282. The Hall–Kier alpha value is -0.400. The Bertz CT molecular complexity index is 415. The van der Waals surface area contributed by atoms with Crippen LogP contribution in [0, 0.1) is 5.92 Å². The number of likely N-dealkylation sites (N-methyl/N-ethyl adjacent to an activating group) is 1. The highest BCUT2D eigenvalue weighted by molar-refractivity contribution is 4.96. The van der Waals surface area contributed by atoms with Gasteiger partial charge in [-0.15, -0.1) is 0 Å². The molecule has 0 saturated carbocycles. The number of hydrogen-bond acceptors (Lipinski definition) is 10. The maximum atomic E-state index is 10.5. The Morgan fingerprint density at radius 3 is 2.16 bits per heavy atom. The first kappa shape index (κ1) is 20.9. The Kier molecular flexibility index (Phi) is 7.52. The lowest BCUT2D eigenvalue weighted by Gasteiger charge is -2.47. The SMILES string of the molecule is CNC1[C@H](O[C@@H]2C(CO)O[C@H](OC)C(N)C2O)OC(CO)[C@H](C)[C@@H]1O. The molecule has 148 valence electrons. The summed E-state index contributed by atoms with van der Waals surface area (Å²) in [5.41, 5.74) is 5.91. The molecule has 0 aromatic rings. The van der Waals surface area contributed by atoms with Gasteiger partial charge < -0.3 is 50.4 Å². The molecule has 7 N–H and O–H groups in total. The first-order valence-electron chi connectivity index (χ1n) is 8.39. The minimum absolute atomic E-state index is 0.285. The number of ether oxygens (including phenoxy) is 4. The molecule has 0 aliphatic carbocycles. The summed E-state index contributed by atoms with van der Waals surface area (Å²) in [7, 11) is 3.03. The van der Waals surface area contributed by atoms with Crippen molar-refractivity contribution >= 4 is 0 Å². The van der Waals surface area contributed by atoms with Crippen molar-refractivity contribution in [1.82, 2.24) is 5.32 Å². The van der Waals surface area contributed by atoms with Crippen LogP contribution in [0.4, 0.5) is 0 Å². The van der Waals surface area contributed by atoms with Crippen LogP contribution in [0.1, 0.15) is 6.92 Å². The molecule has 10 heteroatoms. The summed E-state index contributed by atoms with van der Waals surface area (Å²) < 4.78 is 22.2. The Morgan fingerprint density at radius 2 is 1.64 bits per heavy atom. The molecular weight excluding hydrogens is 336 g/mol. The Labute approximate surface area is 146 Å². The molecule has 0 amide bonds. The fourth-order valence-corrected chi connectivity index (χ4v) is 3.34. The van der Waals surface area contributed by atoms with Gasteiger partial charge in [-0.05, 0) is 7.05 Å². The molecule has 10 nitrogen and oxygen atoms in total. The van der Waals surface area contributed by atoms with E-state index in [1.807, 2.05) is 0 Å². The third-order valence-corrected chi connectivity index (χ3v) is 5.03. The average Bonchev–Trinajstić information content (AvgIpc) is 2.62. The van der Waals surface area contributed by atoms with E-state index in [4.69, 9.17) is 24.7 Å². The maximum absolute atomic E-state index is 10.5. The van der Waals surface area contributed by atoms with Crippen molar-refractivity contribution in [3.63, 3.8) is 0 Å². The number of hydrogen-bond donors (Lipinski definition) is 6. The van der Waals surface area contributed by atoms with Crippen LogP contribution in [0.2, 0.25) is 0 Å². The molecule has 0 bridgehead atoms. The summed E-state index contributed by atoms with van der Waals surface area (Å²) in [6.07, 6.45) is -6.37. The molecule has 10 atom stereocenters. The summed E-state index contributed by atoms with van der Waals surface area (Å²) in [6, 6.07) is -1.48. The summed E-state index contributed by atoms with van der Waals surface area (Å²) >= 11 is 0. The molecule has 0 radical (unpaired) electrons. The molecule has 2 aliphatic heterocycles. The second-order valence-electron chi connectivity index (χ2n) is 6.52. The van der Waals surface area contributed by atoms with E-state index in [1.54, 1.807) is 14.0 Å². The average molecular weight is 366 g/mol. The smallest absolute Gasteiger partial charge is 0.176 e. The van der Waals surface area contributed by atoms with Gasteiger partial charge >= 0.3 is 0 Å². The van der Waals surface area contributed by atoms with Crippen LogP contribution in [0.3, 0.4) is 0 Å². The third kappa shape index (κ3) is 4.14. The van der Waals surface area contributed by atoms with Gasteiger partial charge in [0.2, 0.25) is 0 Å². The first-order valence-corrected chi connectivity index (χ1v) is 8.39. The zero-order valence-corrected chi connectivity index (χ0v) is 14.7. The predicted molar refractivity (Wildman–Crippen MR) is 85.4 cm³/mol. The molecule has 25 heavy (non-hydrogen) atoms. The van der Waals surface area contributed by atoms with Crippen molar-refractivity contribution in [2.24, 2.45) is 11.7 Å². The van der Waals surface area contributed by atoms with Gasteiger partial charge in [-0.3, -0.25) is 0 Å². The fourth-order valence-electron chi connectivity index (χ4n) is 3.34. The Balaban J connectivity index is 2.16. The van der Waals surface area contributed by atoms with Crippen molar-refractivity contribution in [2.45, 2.75) is 62.1 Å². The second-order valence-corrected chi connectivity index (χ2v) is 6.52. The molecule has 2 fully saturated rings. The topological polar surface area (TPSA) is 156 Å². The van der Waals surface area contributed by atoms with Gasteiger partial charge in [0.1, 0.15) is 18.3 Å². The third-order valence-electron chi connectivity index (χ3n) is 5.03. The Morgan fingerprint density at radius 1 is 1.04 bits per heavy atom. The second kappa shape index (κ2) is 9.00. The van der Waals surface area contributed by atoms with Gasteiger partial charge in [0, 0.05) is 13.0 Å². The molecule has 0 spiro atoms. The zero-order valence-electron chi connectivity index (χ0n) is 14.7. The monoisotopic (exact) mass is 366 g/mol. The highest BCUT2D eigenvalue weighted by Crippen LogP contribution is 2.30. The highest BCUT2D eigenvalue weighted by atomic mass is 16.7. The molecular formula is C15H30N2O8. The molecule has 2 saturated heterocycles. The van der Waals surface area contributed by atoms with Gasteiger partial charge in [-0.1, -0.05) is 6.92 Å². The molecule has 0 aromatic carbocycles. The van der Waals surface area contributed by atoms with Crippen LogP contribution >= 0.6 is 0 Å². The predicted octanol–water partition coefficient (Wildman–Crippen LogP) is -3.27. The van der Waals surface area contributed by atoms with E-state index in [-0.39, 0.29) is 12.5 Å². The van der Waals surface area contributed by atoms with E-state index in [0.717, 1.165) is 0 Å². The summed E-state index contributed by atoms with van der Waals surface area (Å²) in [6.45, 7) is 1.06. The normalized spacial score (nSPS) is 48.5. The lowest BCUT2D eigenvalue weighted by Crippen LogP contribution is -2.66. The van der Waals surface area contributed by atoms with Crippen molar-refractivity contribution < 1.29 is 39.4 Å². The van der Waals surface area contributed by atoms with Crippen LogP contribution < -0.4 is 11.1 Å². The van der Waals surface area contributed by atoms with Gasteiger partial charge in [0.05, 0.1) is 37.5 Å². The highest BCUT2D eigenvalue weighted by Gasteiger charge is 2.49. The van der Waals surface area contributed by atoms with E-state index in [1.165, 1.54) is 7.11 Å². The summed E-state index contributed by atoms with van der Waals surface area (Å²) in [5, 5.41) is 42.8. The molecule has 2 aliphatic rings. The van der Waals surface area contributed by atoms with Crippen LogP contribution in [-0.4, -0.2) is 103 Å². The number of rotatable bonds is 6. The van der Waals surface area contributed by atoms with Gasteiger partial charge in [-0.25, -0.2) is 0 Å². The minimum Gasteiger partial charge on any atom is -0.394 e. The van der Waals surface area contributed by atoms with E-state index in [0.29, 0.717) is 0 Å². The largest absolute Gasteiger partial charge is 0.394 e. The van der Waals surface area contributed by atoms with Crippen molar-refractivity contribution in [2.75, 3.05) is 27.4 Å². The molecule has 5 unspecified atom stereocenters. The van der Waals surface area contributed by atoms with Gasteiger partial charge in [0.15, 0.2) is 12.6 Å². The van der Waals surface area contributed by atoms with E-state index < -0.39 is 61.8 Å². The summed E-state index contributed by atoms with van der Waals surface area (Å²) in [5.74, 6) is -0.316. The van der Waals surface area contributed by atoms with Crippen LogP contribution in [0.15, 0.2) is 0 Å². The standard InChI is InChI=1S/C15H30N2O8/c1-6-7(4-18)23-15(10(17-2)11(6)20)25-13-8(5-19)24-14(22-3)9(16)12(13)21/h6-15,17-21H,4-5,16H2,1-3H3/t6-,7?,8?,9?,10?,11-,12?,13+,14-,15-/m0/s1. The van der Waals surface area contributed by atoms with Gasteiger partial charge in [-0.2, -0.15) is 0 Å². The van der Waals surface area contributed by atoms with Crippen LogP contribution in [0.5, 0.6) is 0 Å². The fraction of sp³-hybridized carbons (Fsp3) is 1.00. The van der Waals surface area contributed by atoms with Crippen LogP contribution in [-0.2, 0) is 18.9 Å². The van der Waals surface area contributed by atoms with E-state index >= 15 is 0 Å². The lowest BCUT2D eigenvalue weighted by atomic mass is 9.89. The molecule has 0 aromatic heterocycles.